The molecule has 2 rings (SSSR count). The molecule has 0 aliphatic carbocycles. The molecule has 1 unspecified atom stereocenters. The number of H-pyrrole nitrogens is 1. The van der Waals surface area contributed by atoms with Crippen molar-refractivity contribution in [2.45, 2.75) is 45.1 Å². The Kier molecular flexibility index (Phi) is 7.46. The van der Waals surface area contributed by atoms with Crippen LogP contribution in [0.2, 0.25) is 0 Å². The predicted octanol–water partition coefficient (Wildman–Crippen LogP) is 2.34. The first-order valence-corrected chi connectivity index (χ1v) is 10.4. The van der Waals surface area contributed by atoms with Gasteiger partial charge in [0, 0.05) is 18.0 Å². The van der Waals surface area contributed by atoms with Gasteiger partial charge in [-0.15, -0.1) is 23.1 Å². The lowest BCUT2D eigenvalue weighted by Crippen LogP contribution is -2.36. The highest BCUT2D eigenvalue weighted by Gasteiger charge is 2.15. The van der Waals surface area contributed by atoms with Crippen LogP contribution >= 0.6 is 23.1 Å². The molecule has 0 saturated carbocycles. The largest absolute Gasteiger partial charge is 0.354 e. The van der Waals surface area contributed by atoms with Gasteiger partial charge in [-0.25, -0.2) is 4.98 Å². The summed E-state index contributed by atoms with van der Waals surface area (Å²) in [5.74, 6) is 1.13. The normalized spacial score (nSPS) is 12.5. The molecule has 25 heavy (non-hydrogen) atoms. The molecule has 0 saturated heterocycles. The van der Waals surface area contributed by atoms with Crippen molar-refractivity contribution in [3.63, 3.8) is 0 Å². The fourth-order valence-corrected chi connectivity index (χ4v) is 4.19. The maximum absolute atomic E-state index is 12.3. The molecule has 1 amide bonds. The highest BCUT2D eigenvalue weighted by molar-refractivity contribution is 7.99. The number of hydrogen-bond acceptors (Lipinski definition) is 6. The molecule has 0 spiro atoms. The van der Waals surface area contributed by atoms with E-state index in [0.29, 0.717) is 23.5 Å². The van der Waals surface area contributed by atoms with E-state index in [-0.39, 0.29) is 16.7 Å². The van der Waals surface area contributed by atoms with Gasteiger partial charge in [-0.2, -0.15) is 0 Å². The first-order valence-electron chi connectivity index (χ1n) is 8.53. The van der Waals surface area contributed by atoms with E-state index in [4.69, 9.17) is 0 Å². The molecule has 2 heterocycles. The third-order valence-electron chi connectivity index (χ3n) is 3.96. The minimum atomic E-state index is -0.195. The van der Waals surface area contributed by atoms with E-state index in [1.807, 2.05) is 20.8 Å². The van der Waals surface area contributed by atoms with Crippen LogP contribution in [-0.4, -0.2) is 40.8 Å². The summed E-state index contributed by atoms with van der Waals surface area (Å²) in [5.41, 5.74) is 0.902. The Hall–Kier alpha value is -1.38. The molecule has 0 aromatic carbocycles. The van der Waals surface area contributed by atoms with Crippen molar-refractivity contribution in [3.8, 4) is 0 Å². The molecular weight excluding hydrogens is 356 g/mol. The van der Waals surface area contributed by atoms with E-state index < -0.39 is 0 Å². The molecule has 2 aromatic rings. The number of thiophene rings is 1. The summed E-state index contributed by atoms with van der Waals surface area (Å²) in [5, 5.41) is 6.65. The Balaban J connectivity index is 1.89. The molecule has 0 aliphatic rings. The molecular formula is C17H26N4O2S2. The maximum atomic E-state index is 12.3. The summed E-state index contributed by atoms with van der Waals surface area (Å²) in [6, 6.07) is 0. The average Bonchev–Trinajstić information content (AvgIpc) is 2.87. The van der Waals surface area contributed by atoms with Gasteiger partial charge in [-0.1, -0.05) is 6.92 Å². The molecule has 138 valence electrons. The highest BCUT2D eigenvalue weighted by atomic mass is 32.2. The van der Waals surface area contributed by atoms with E-state index in [1.54, 1.807) is 0 Å². The second-order valence-corrected chi connectivity index (χ2v) is 8.50. The van der Waals surface area contributed by atoms with Crippen molar-refractivity contribution in [3.05, 3.63) is 26.6 Å². The Bertz CT molecular complexity index is 785. The molecule has 2 aromatic heterocycles. The van der Waals surface area contributed by atoms with Crippen molar-refractivity contribution in [1.82, 2.24) is 20.6 Å². The molecule has 8 heteroatoms. The number of carbonyl (C=O) groups excluding carboxylic acids is 1. The zero-order valence-corrected chi connectivity index (χ0v) is 16.8. The van der Waals surface area contributed by atoms with Crippen LogP contribution < -0.4 is 16.2 Å². The number of carbonyl (C=O) groups is 1. The predicted molar refractivity (Wildman–Crippen MR) is 107 cm³/mol. The van der Waals surface area contributed by atoms with Crippen molar-refractivity contribution >= 4 is 39.2 Å². The lowest BCUT2D eigenvalue weighted by atomic mass is 10.2. The number of rotatable bonds is 9. The number of aromatic nitrogens is 2. The van der Waals surface area contributed by atoms with Crippen LogP contribution in [0.5, 0.6) is 0 Å². The number of nitrogens with one attached hydrogen (secondary N) is 3. The molecule has 0 bridgehead atoms. The summed E-state index contributed by atoms with van der Waals surface area (Å²) in [7, 11) is 0. The minimum absolute atomic E-state index is 0.00883. The van der Waals surface area contributed by atoms with Gasteiger partial charge in [0.2, 0.25) is 5.91 Å². The second kappa shape index (κ2) is 9.35. The summed E-state index contributed by atoms with van der Waals surface area (Å²) >= 11 is 3.01. The van der Waals surface area contributed by atoms with Crippen LogP contribution in [0, 0.1) is 13.8 Å². The van der Waals surface area contributed by atoms with Gasteiger partial charge in [0.25, 0.3) is 5.56 Å². The summed E-state index contributed by atoms with van der Waals surface area (Å²) in [6.45, 7) is 10.3. The van der Waals surface area contributed by atoms with Gasteiger partial charge >= 0.3 is 0 Å². The van der Waals surface area contributed by atoms with E-state index in [0.717, 1.165) is 34.8 Å². The fraction of sp³-hybridized carbons (Fsp3) is 0.588. The lowest BCUT2D eigenvalue weighted by Gasteiger charge is -2.12. The third kappa shape index (κ3) is 5.29. The third-order valence-corrected chi connectivity index (χ3v) is 6.21. The second-order valence-electron chi connectivity index (χ2n) is 5.97. The van der Waals surface area contributed by atoms with Gasteiger partial charge in [0.1, 0.15) is 10.7 Å². The smallest absolute Gasteiger partial charge is 0.259 e. The van der Waals surface area contributed by atoms with E-state index in [1.165, 1.54) is 23.1 Å². The first kappa shape index (κ1) is 19.9. The molecule has 0 aliphatic heterocycles. The molecule has 0 radical (unpaired) electrons. The topological polar surface area (TPSA) is 86.9 Å². The monoisotopic (exact) mass is 382 g/mol. The summed E-state index contributed by atoms with van der Waals surface area (Å²) in [4.78, 5) is 33.6. The van der Waals surface area contributed by atoms with Crippen LogP contribution in [0.25, 0.3) is 10.2 Å². The van der Waals surface area contributed by atoms with Crippen LogP contribution in [0.15, 0.2) is 4.79 Å². The van der Waals surface area contributed by atoms with Gasteiger partial charge in [0.05, 0.1) is 16.4 Å². The number of thioether (sulfide) groups is 1. The number of hydrogen-bond donors (Lipinski definition) is 3. The van der Waals surface area contributed by atoms with Crippen molar-refractivity contribution < 1.29 is 4.79 Å². The van der Waals surface area contributed by atoms with Crippen molar-refractivity contribution in [2.24, 2.45) is 0 Å². The van der Waals surface area contributed by atoms with E-state index >= 15 is 0 Å². The zero-order valence-electron chi connectivity index (χ0n) is 15.2. The number of aromatic amines is 1. The van der Waals surface area contributed by atoms with Gasteiger partial charge in [-0.05, 0) is 39.3 Å². The Labute approximate surface area is 156 Å². The lowest BCUT2D eigenvalue weighted by molar-refractivity contribution is -0.120. The highest BCUT2D eigenvalue weighted by Crippen LogP contribution is 2.26. The maximum Gasteiger partial charge on any atom is 0.259 e. The Morgan fingerprint density at radius 2 is 2.08 bits per heavy atom. The van der Waals surface area contributed by atoms with Crippen molar-refractivity contribution in [2.75, 3.05) is 19.6 Å². The fourth-order valence-electron chi connectivity index (χ4n) is 2.37. The van der Waals surface area contributed by atoms with E-state index in [9.17, 15) is 9.59 Å². The van der Waals surface area contributed by atoms with Crippen LogP contribution in [-0.2, 0) is 10.5 Å². The Morgan fingerprint density at radius 3 is 2.80 bits per heavy atom. The number of nitrogens with zero attached hydrogens (tertiary/aromatic N) is 1. The number of amides is 1. The molecule has 3 N–H and O–H groups in total. The molecule has 6 nitrogen and oxygen atoms in total. The van der Waals surface area contributed by atoms with Crippen LogP contribution in [0.4, 0.5) is 0 Å². The average molecular weight is 383 g/mol. The molecule has 0 fully saturated rings. The SMILES string of the molecule is CCCNCCNC(=O)C(C)SCc1nc2sc(C)c(C)c2c(=O)[nH]1. The van der Waals surface area contributed by atoms with Crippen LogP contribution in [0.1, 0.15) is 36.5 Å². The standard InChI is InChI=1S/C17H26N4O2S2/c1-5-6-18-7-8-19-15(22)12(4)24-9-13-20-16(23)14-10(2)11(3)25-17(14)21-13/h12,18H,5-9H2,1-4H3,(H,19,22)(H,20,21,23). The zero-order chi connectivity index (χ0) is 18.4. The molecule has 1 atom stereocenters. The van der Waals surface area contributed by atoms with Gasteiger partial charge < -0.3 is 15.6 Å². The van der Waals surface area contributed by atoms with E-state index in [2.05, 4.69) is 27.5 Å². The van der Waals surface area contributed by atoms with Crippen molar-refractivity contribution in [1.29, 1.82) is 0 Å². The Morgan fingerprint density at radius 1 is 1.32 bits per heavy atom. The number of fused-ring (bicyclic) bond motifs is 1. The summed E-state index contributed by atoms with van der Waals surface area (Å²) < 4.78 is 0. The van der Waals surface area contributed by atoms with Gasteiger partial charge in [0.15, 0.2) is 0 Å². The summed E-state index contributed by atoms with van der Waals surface area (Å²) in [6.07, 6.45) is 1.08. The minimum Gasteiger partial charge on any atom is -0.354 e. The first-order chi connectivity index (χ1) is 11.9. The van der Waals surface area contributed by atoms with Crippen LogP contribution in [0.3, 0.4) is 0 Å². The quantitative estimate of drug-likeness (QED) is 0.580. The van der Waals surface area contributed by atoms with Gasteiger partial charge in [-0.3, -0.25) is 9.59 Å². The number of aryl methyl sites for hydroxylation is 2.